The first-order valence-corrected chi connectivity index (χ1v) is 5.25. The summed E-state index contributed by atoms with van der Waals surface area (Å²) in [4.78, 5) is 34.0. The van der Waals surface area contributed by atoms with Crippen LogP contribution in [0.15, 0.2) is 15.8 Å². The van der Waals surface area contributed by atoms with E-state index >= 15 is 0 Å². The third kappa shape index (κ3) is 3.05. The second kappa shape index (κ2) is 4.99. The minimum absolute atomic E-state index is 0.292. The number of carbonyl (C=O) groups is 1. The van der Waals surface area contributed by atoms with Crippen molar-refractivity contribution in [1.82, 2.24) is 9.13 Å². The van der Waals surface area contributed by atoms with Gasteiger partial charge < -0.3 is 9.30 Å². The minimum Gasteiger partial charge on any atom is -0.463 e. The van der Waals surface area contributed by atoms with Crippen molar-refractivity contribution in [2.75, 3.05) is 0 Å². The monoisotopic (exact) mass is 240 g/mol. The molecule has 1 aromatic heterocycles. The van der Waals surface area contributed by atoms with Crippen molar-refractivity contribution < 1.29 is 9.53 Å². The van der Waals surface area contributed by atoms with Gasteiger partial charge in [0.25, 0.3) is 5.56 Å². The number of hydrogen-bond donors (Lipinski definition) is 0. The summed E-state index contributed by atoms with van der Waals surface area (Å²) < 4.78 is 7.31. The maximum atomic E-state index is 11.8. The van der Waals surface area contributed by atoms with Gasteiger partial charge in [0.2, 0.25) is 0 Å². The average molecular weight is 240 g/mol. The van der Waals surface area contributed by atoms with Crippen molar-refractivity contribution >= 4 is 5.97 Å². The SMILES string of the molecule is CC(=O)OC(C)Cc1cn(C)c(=O)n(C)c1=O. The van der Waals surface area contributed by atoms with E-state index in [-0.39, 0.29) is 17.2 Å². The molecule has 1 heterocycles. The fourth-order valence-electron chi connectivity index (χ4n) is 1.66. The zero-order chi connectivity index (χ0) is 13.2. The Labute approximate surface area is 98.4 Å². The quantitative estimate of drug-likeness (QED) is 0.673. The van der Waals surface area contributed by atoms with Crippen LogP contribution in [0.25, 0.3) is 0 Å². The molecule has 0 radical (unpaired) electrons. The van der Waals surface area contributed by atoms with Crippen LogP contribution in [0, 0.1) is 0 Å². The summed E-state index contributed by atoms with van der Waals surface area (Å²) in [5, 5.41) is 0. The van der Waals surface area contributed by atoms with Crippen LogP contribution < -0.4 is 11.2 Å². The number of ether oxygens (including phenoxy) is 1. The molecule has 6 heteroatoms. The van der Waals surface area contributed by atoms with E-state index < -0.39 is 6.10 Å². The molecule has 0 saturated carbocycles. The number of esters is 1. The van der Waals surface area contributed by atoms with Gasteiger partial charge in [-0.3, -0.25) is 14.2 Å². The number of aromatic nitrogens is 2. The lowest BCUT2D eigenvalue weighted by molar-refractivity contribution is -0.145. The van der Waals surface area contributed by atoms with E-state index in [4.69, 9.17) is 4.74 Å². The van der Waals surface area contributed by atoms with Crippen molar-refractivity contribution in [2.24, 2.45) is 14.1 Å². The first-order chi connectivity index (χ1) is 7.82. The van der Waals surface area contributed by atoms with Gasteiger partial charge >= 0.3 is 11.7 Å². The van der Waals surface area contributed by atoms with Crippen LogP contribution >= 0.6 is 0 Å². The molecule has 6 nitrogen and oxygen atoms in total. The van der Waals surface area contributed by atoms with E-state index in [0.29, 0.717) is 12.0 Å². The number of nitrogens with zero attached hydrogens (tertiary/aromatic N) is 2. The Morgan fingerprint density at radius 3 is 2.53 bits per heavy atom. The number of carbonyl (C=O) groups excluding carboxylic acids is 1. The molecule has 0 aromatic carbocycles. The molecular formula is C11H16N2O4. The second-order valence-corrected chi connectivity index (χ2v) is 4.04. The molecule has 0 aliphatic rings. The zero-order valence-corrected chi connectivity index (χ0v) is 10.4. The van der Waals surface area contributed by atoms with Gasteiger partial charge in [-0.05, 0) is 6.92 Å². The van der Waals surface area contributed by atoms with Crippen LogP contribution in [0.2, 0.25) is 0 Å². The van der Waals surface area contributed by atoms with Crippen LogP contribution in [-0.4, -0.2) is 21.2 Å². The Balaban J connectivity index is 3.04. The first-order valence-electron chi connectivity index (χ1n) is 5.25. The number of aryl methyl sites for hydroxylation is 1. The largest absolute Gasteiger partial charge is 0.463 e. The Morgan fingerprint density at radius 1 is 1.41 bits per heavy atom. The van der Waals surface area contributed by atoms with Crippen molar-refractivity contribution in [3.8, 4) is 0 Å². The molecule has 0 saturated heterocycles. The summed E-state index contributed by atoms with van der Waals surface area (Å²) in [5.41, 5.74) is -0.283. The third-order valence-corrected chi connectivity index (χ3v) is 2.39. The highest BCUT2D eigenvalue weighted by Crippen LogP contribution is 2.00. The van der Waals surface area contributed by atoms with Gasteiger partial charge in [0.05, 0.1) is 0 Å². The fraction of sp³-hybridized carbons (Fsp3) is 0.545. The van der Waals surface area contributed by atoms with E-state index in [0.717, 1.165) is 4.57 Å². The summed E-state index contributed by atoms with van der Waals surface area (Å²) in [6.07, 6.45) is 1.38. The van der Waals surface area contributed by atoms with Crippen molar-refractivity contribution in [3.05, 3.63) is 32.6 Å². The fourth-order valence-corrected chi connectivity index (χ4v) is 1.66. The highest BCUT2D eigenvalue weighted by atomic mass is 16.5. The summed E-state index contributed by atoms with van der Waals surface area (Å²) in [5.74, 6) is -0.390. The molecule has 94 valence electrons. The normalized spacial score (nSPS) is 12.2. The second-order valence-electron chi connectivity index (χ2n) is 4.04. The van der Waals surface area contributed by atoms with Crippen LogP contribution in [0.1, 0.15) is 19.4 Å². The predicted octanol–water partition coefficient (Wildman–Crippen LogP) is -0.422. The van der Waals surface area contributed by atoms with E-state index in [1.54, 1.807) is 14.0 Å². The Hall–Kier alpha value is -1.85. The van der Waals surface area contributed by atoms with Crippen LogP contribution in [-0.2, 0) is 30.0 Å². The highest BCUT2D eigenvalue weighted by molar-refractivity contribution is 5.66. The average Bonchev–Trinajstić information content (AvgIpc) is 2.21. The van der Waals surface area contributed by atoms with Crippen molar-refractivity contribution in [3.63, 3.8) is 0 Å². The summed E-state index contributed by atoms with van der Waals surface area (Å²) in [6.45, 7) is 3.02. The molecule has 0 aliphatic heterocycles. The summed E-state index contributed by atoms with van der Waals surface area (Å²) >= 11 is 0. The molecule has 1 rings (SSSR count). The van der Waals surface area contributed by atoms with Crippen molar-refractivity contribution in [2.45, 2.75) is 26.4 Å². The molecule has 17 heavy (non-hydrogen) atoms. The molecule has 1 unspecified atom stereocenters. The van der Waals surface area contributed by atoms with Gasteiger partial charge in [-0.1, -0.05) is 0 Å². The van der Waals surface area contributed by atoms with Crippen molar-refractivity contribution in [1.29, 1.82) is 0 Å². The van der Waals surface area contributed by atoms with E-state index in [2.05, 4.69) is 0 Å². The molecule has 0 amide bonds. The van der Waals surface area contributed by atoms with E-state index in [1.165, 1.54) is 24.7 Å². The standard InChI is InChI=1S/C11H16N2O4/c1-7(17-8(2)14)5-9-6-12(3)11(16)13(4)10(9)15/h6-7H,5H2,1-4H3. The Kier molecular flexibility index (Phi) is 3.88. The molecule has 0 aliphatic carbocycles. The van der Waals surface area contributed by atoms with Gasteiger partial charge in [-0.25, -0.2) is 4.79 Å². The summed E-state index contributed by atoms with van der Waals surface area (Å²) in [6, 6.07) is 0. The lowest BCUT2D eigenvalue weighted by Crippen LogP contribution is -2.39. The summed E-state index contributed by atoms with van der Waals surface area (Å²) in [7, 11) is 2.99. The zero-order valence-electron chi connectivity index (χ0n) is 10.4. The predicted molar refractivity (Wildman–Crippen MR) is 61.9 cm³/mol. The molecule has 0 fully saturated rings. The number of rotatable bonds is 3. The van der Waals surface area contributed by atoms with E-state index in [1.807, 2.05) is 0 Å². The molecule has 0 bridgehead atoms. The van der Waals surface area contributed by atoms with Gasteiger partial charge in [0, 0.05) is 39.2 Å². The number of hydrogen-bond acceptors (Lipinski definition) is 4. The Morgan fingerprint density at radius 2 is 2.00 bits per heavy atom. The molecule has 1 aromatic rings. The van der Waals surface area contributed by atoms with Gasteiger partial charge in [0.1, 0.15) is 6.10 Å². The van der Waals surface area contributed by atoms with E-state index in [9.17, 15) is 14.4 Å². The third-order valence-electron chi connectivity index (χ3n) is 2.39. The highest BCUT2D eigenvalue weighted by Gasteiger charge is 2.12. The minimum atomic E-state index is -0.391. The van der Waals surface area contributed by atoms with Gasteiger partial charge in [0.15, 0.2) is 0 Å². The molecule has 0 spiro atoms. The van der Waals surface area contributed by atoms with Crippen LogP contribution in [0.5, 0.6) is 0 Å². The van der Waals surface area contributed by atoms with Gasteiger partial charge in [-0.2, -0.15) is 0 Å². The van der Waals surface area contributed by atoms with Crippen LogP contribution in [0.3, 0.4) is 0 Å². The van der Waals surface area contributed by atoms with Gasteiger partial charge in [-0.15, -0.1) is 0 Å². The molecule has 0 N–H and O–H groups in total. The van der Waals surface area contributed by atoms with Crippen LogP contribution in [0.4, 0.5) is 0 Å². The lowest BCUT2D eigenvalue weighted by Gasteiger charge is -2.12. The topological polar surface area (TPSA) is 70.3 Å². The smallest absolute Gasteiger partial charge is 0.330 e. The first kappa shape index (κ1) is 13.2. The Bertz CT molecular complexity index is 541. The maximum absolute atomic E-state index is 11.8. The molecule has 1 atom stereocenters. The maximum Gasteiger partial charge on any atom is 0.330 e. The molecular weight excluding hydrogens is 224 g/mol. The lowest BCUT2D eigenvalue weighted by atomic mass is 10.1.